The van der Waals surface area contributed by atoms with Crippen molar-refractivity contribution in [1.82, 2.24) is 0 Å². The molecule has 3 amide bonds. The third-order valence-electron chi connectivity index (χ3n) is 3.90. The summed E-state index contributed by atoms with van der Waals surface area (Å²) in [5.74, 6) is -0.982. The van der Waals surface area contributed by atoms with Crippen LogP contribution < -0.4 is 10.6 Å². The van der Waals surface area contributed by atoms with Crippen molar-refractivity contribution >= 4 is 23.4 Å². The van der Waals surface area contributed by atoms with Gasteiger partial charge in [-0.2, -0.15) is 0 Å². The normalized spacial score (nSPS) is 13.3. The zero-order valence-electron chi connectivity index (χ0n) is 12.5. The van der Waals surface area contributed by atoms with E-state index in [9.17, 15) is 14.4 Å². The minimum absolute atomic E-state index is 0.274. The van der Waals surface area contributed by atoms with Crippen molar-refractivity contribution < 1.29 is 14.4 Å². The minimum atomic E-state index is -0.358. The number of carbonyl (C=O) groups excluding carboxylic acids is 3. The van der Waals surface area contributed by atoms with E-state index in [1.54, 1.807) is 36.4 Å². The molecule has 0 aliphatic carbocycles. The van der Waals surface area contributed by atoms with E-state index in [1.807, 2.05) is 12.1 Å². The van der Waals surface area contributed by atoms with E-state index in [-0.39, 0.29) is 24.1 Å². The molecule has 1 heterocycles. The lowest BCUT2D eigenvalue weighted by molar-refractivity contribution is -0.118. The highest BCUT2D eigenvalue weighted by atomic mass is 16.2. The molecule has 23 heavy (non-hydrogen) atoms. The van der Waals surface area contributed by atoms with Crippen LogP contribution in [0.1, 0.15) is 39.1 Å². The number of primary amides is 1. The quantitative estimate of drug-likeness (QED) is 0.861. The number of nitrogens with zero attached hydrogens (tertiary/aromatic N) is 1. The largest absolute Gasteiger partial charge is 0.370 e. The van der Waals surface area contributed by atoms with Gasteiger partial charge in [-0.25, -0.2) is 4.90 Å². The van der Waals surface area contributed by atoms with Gasteiger partial charge < -0.3 is 5.73 Å². The Labute approximate surface area is 133 Å². The number of imide groups is 1. The first-order valence-electron chi connectivity index (χ1n) is 7.43. The van der Waals surface area contributed by atoms with Crippen LogP contribution in [-0.4, -0.2) is 17.7 Å². The molecule has 1 aliphatic heterocycles. The number of carbonyl (C=O) groups is 3. The van der Waals surface area contributed by atoms with Crippen molar-refractivity contribution in [2.24, 2.45) is 5.73 Å². The predicted octanol–water partition coefficient (Wildman–Crippen LogP) is 2.30. The molecule has 0 fully saturated rings. The van der Waals surface area contributed by atoms with Gasteiger partial charge in [-0.1, -0.05) is 30.3 Å². The molecule has 0 unspecified atom stereocenters. The van der Waals surface area contributed by atoms with Gasteiger partial charge in [0.2, 0.25) is 5.91 Å². The molecule has 1 aliphatic rings. The molecule has 3 rings (SSSR count). The molecule has 2 aromatic carbocycles. The van der Waals surface area contributed by atoms with Crippen LogP contribution in [0, 0.1) is 0 Å². The van der Waals surface area contributed by atoms with Gasteiger partial charge in [-0.15, -0.1) is 0 Å². The van der Waals surface area contributed by atoms with Crippen LogP contribution in [0.5, 0.6) is 0 Å². The van der Waals surface area contributed by atoms with Crippen molar-refractivity contribution in [2.45, 2.75) is 19.3 Å². The van der Waals surface area contributed by atoms with Crippen molar-refractivity contribution in [3.8, 4) is 0 Å². The van der Waals surface area contributed by atoms with Crippen LogP contribution in [0.4, 0.5) is 5.69 Å². The Morgan fingerprint density at radius 1 is 0.913 bits per heavy atom. The van der Waals surface area contributed by atoms with Crippen molar-refractivity contribution in [1.29, 1.82) is 0 Å². The van der Waals surface area contributed by atoms with E-state index in [4.69, 9.17) is 5.73 Å². The Bertz CT molecular complexity index is 763. The second-order valence-electron chi connectivity index (χ2n) is 5.44. The molecular formula is C18H16N2O3. The standard InChI is InChI=1S/C18H16N2O3/c19-16(21)11-5-7-12-6-1-4-10-15(12)20-17(22)13-8-2-3-9-14(13)18(20)23/h1-4,6,8-10H,5,7,11H2,(H2,19,21). The third-order valence-corrected chi connectivity index (χ3v) is 3.90. The van der Waals surface area contributed by atoms with Crippen LogP contribution in [0.15, 0.2) is 48.5 Å². The Hall–Kier alpha value is -2.95. The van der Waals surface area contributed by atoms with E-state index >= 15 is 0 Å². The maximum Gasteiger partial charge on any atom is 0.266 e. The fourth-order valence-electron chi connectivity index (χ4n) is 2.80. The fraction of sp³-hybridized carbons (Fsp3) is 0.167. The number of hydrogen-bond acceptors (Lipinski definition) is 3. The Morgan fingerprint density at radius 2 is 1.48 bits per heavy atom. The zero-order chi connectivity index (χ0) is 16.4. The molecule has 2 N–H and O–H groups in total. The summed E-state index contributed by atoms with van der Waals surface area (Å²) in [5, 5.41) is 0. The molecule has 2 aromatic rings. The number of rotatable bonds is 5. The topological polar surface area (TPSA) is 80.5 Å². The molecule has 0 saturated heterocycles. The summed E-state index contributed by atoms with van der Waals surface area (Å²) in [6.45, 7) is 0. The minimum Gasteiger partial charge on any atom is -0.370 e. The van der Waals surface area contributed by atoms with Crippen molar-refractivity contribution in [3.05, 3.63) is 65.2 Å². The summed E-state index contributed by atoms with van der Waals surface area (Å²) >= 11 is 0. The number of amides is 3. The number of benzene rings is 2. The lowest BCUT2D eigenvalue weighted by Crippen LogP contribution is -2.30. The van der Waals surface area contributed by atoms with Crippen LogP contribution in [-0.2, 0) is 11.2 Å². The number of aryl methyl sites for hydroxylation is 1. The van der Waals surface area contributed by atoms with Crippen LogP contribution >= 0.6 is 0 Å². The van der Waals surface area contributed by atoms with Crippen molar-refractivity contribution in [3.63, 3.8) is 0 Å². The molecule has 5 heteroatoms. The van der Waals surface area contributed by atoms with Gasteiger partial charge in [0.05, 0.1) is 16.8 Å². The Kier molecular flexibility index (Phi) is 3.93. The molecular weight excluding hydrogens is 292 g/mol. The lowest BCUT2D eigenvalue weighted by Gasteiger charge is -2.18. The monoisotopic (exact) mass is 308 g/mol. The Balaban J connectivity index is 1.93. The van der Waals surface area contributed by atoms with Gasteiger partial charge in [0.25, 0.3) is 11.8 Å². The van der Waals surface area contributed by atoms with E-state index in [2.05, 4.69) is 0 Å². The number of nitrogens with two attached hydrogens (primary N) is 1. The second-order valence-corrected chi connectivity index (χ2v) is 5.44. The maximum atomic E-state index is 12.6. The Morgan fingerprint density at radius 3 is 2.09 bits per heavy atom. The zero-order valence-corrected chi connectivity index (χ0v) is 12.5. The number of fused-ring (bicyclic) bond motifs is 1. The summed E-state index contributed by atoms with van der Waals surface area (Å²) in [7, 11) is 0. The predicted molar refractivity (Wildman–Crippen MR) is 86.2 cm³/mol. The SMILES string of the molecule is NC(=O)CCCc1ccccc1N1C(=O)c2ccccc2C1=O. The van der Waals surface area contributed by atoms with Gasteiger partial charge in [-0.3, -0.25) is 14.4 Å². The molecule has 116 valence electrons. The van der Waals surface area contributed by atoms with Gasteiger partial charge in [-0.05, 0) is 36.6 Å². The second kappa shape index (κ2) is 6.04. The first-order chi connectivity index (χ1) is 11.1. The van der Waals surface area contributed by atoms with Crippen LogP contribution in [0.2, 0.25) is 0 Å². The lowest BCUT2D eigenvalue weighted by atomic mass is 10.0. The molecule has 0 aromatic heterocycles. The third kappa shape index (κ3) is 2.73. The van der Waals surface area contributed by atoms with Gasteiger partial charge in [0.1, 0.15) is 0 Å². The number of hydrogen-bond donors (Lipinski definition) is 1. The smallest absolute Gasteiger partial charge is 0.266 e. The first-order valence-corrected chi connectivity index (χ1v) is 7.43. The molecule has 0 radical (unpaired) electrons. The van der Waals surface area contributed by atoms with E-state index < -0.39 is 0 Å². The molecule has 0 bridgehead atoms. The summed E-state index contributed by atoms with van der Waals surface area (Å²) in [6, 6.07) is 14.0. The van der Waals surface area contributed by atoms with Gasteiger partial charge in [0.15, 0.2) is 0 Å². The maximum absolute atomic E-state index is 12.6. The number of anilines is 1. The molecule has 0 atom stereocenters. The summed E-state index contributed by atoms with van der Waals surface area (Å²) in [5.41, 5.74) is 7.43. The molecule has 0 saturated carbocycles. The molecule has 0 spiro atoms. The summed E-state index contributed by atoms with van der Waals surface area (Å²) < 4.78 is 0. The van der Waals surface area contributed by atoms with E-state index in [0.717, 1.165) is 5.56 Å². The highest BCUT2D eigenvalue weighted by molar-refractivity contribution is 6.34. The van der Waals surface area contributed by atoms with Crippen molar-refractivity contribution in [2.75, 3.05) is 4.90 Å². The highest BCUT2D eigenvalue weighted by Crippen LogP contribution is 2.31. The number of para-hydroxylation sites is 1. The average molecular weight is 308 g/mol. The average Bonchev–Trinajstić information content (AvgIpc) is 2.80. The van der Waals surface area contributed by atoms with E-state index in [0.29, 0.717) is 29.7 Å². The summed E-state index contributed by atoms with van der Waals surface area (Å²) in [6.07, 6.45) is 1.43. The molecule has 5 nitrogen and oxygen atoms in total. The van der Waals surface area contributed by atoms with Gasteiger partial charge in [0, 0.05) is 6.42 Å². The summed E-state index contributed by atoms with van der Waals surface area (Å²) in [4.78, 5) is 37.2. The van der Waals surface area contributed by atoms with Crippen LogP contribution in [0.25, 0.3) is 0 Å². The fourth-order valence-corrected chi connectivity index (χ4v) is 2.80. The first kappa shape index (κ1) is 15.0. The van der Waals surface area contributed by atoms with E-state index in [1.165, 1.54) is 4.90 Å². The van der Waals surface area contributed by atoms with Gasteiger partial charge >= 0.3 is 0 Å². The van der Waals surface area contributed by atoms with Crippen LogP contribution in [0.3, 0.4) is 0 Å². The highest BCUT2D eigenvalue weighted by Gasteiger charge is 2.37.